The number of epoxide rings is 1. The monoisotopic (exact) mass is 434 g/mol. The third-order valence-electron chi connectivity index (χ3n) is 6.83. The molecular formula is C27H34N2O3. The number of fused-ring (bicyclic) bond motifs is 2. The summed E-state index contributed by atoms with van der Waals surface area (Å²) >= 11 is 0. The summed E-state index contributed by atoms with van der Waals surface area (Å²) in [5, 5.41) is 5.69. The number of rotatable bonds is 3. The number of nitrogens with one attached hydrogen (secondary N) is 1. The summed E-state index contributed by atoms with van der Waals surface area (Å²) in [4.78, 5) is 6.76. The van der Waals surface area contributed by atoms with Gasteiger partial charge in [-0.05, 0) is 52.7 Å². The molecule has 5 nitrogen and oxygen atoms in total. The van der Waals surface area contributed by atoms with E-state index in [1.165, 1.54) is 0 Å². The smallest absolute Gasteiger partial charge is 0.278 e. The number of nitrogens with zero attached hydrogens (tertiary/aromatic N) is 1. The standard InChI is InChI=1S/C27H34N2O3/c1-23(2,3)29-22(18-17-20-13-9-7-10-14-20)26(21-15-11-8-12-16-21)25(6,31-26)27(32-29)28-24(4,5)19-30-27/h7-18,22,28H,19H2,1-6H3/b18-17+/t22-,25-,26-,27+/m0/s1. The van der Waals surface area contributed by atoms with Crippen LogP contribution in [0.2, 0.25) is 0 Å². The van der Waals surface area contributed by atoms with Gasteiger partial charge in [0.25, 0.3) is 5.91 Å². The number of hydrogen-bond acceptors (Lipinski definition) is 5. The Morgan fingerprint density at radius 2 is 1.59 bits per heavy atom. The van der Waals surface area contributed by atoms with Crippen molar-refractivity contribution in [1.82, 2.24) is 10.4 Å². The molecule has 2 aromatic rings. The van der Waals surface area contributed by atoms with Crippen molar-refractivity contribution in [1.29, 1.82) is 0 Å². The van der Waals surface area contributed by atoms with E-state index in [1.807, 2.05) is 12.1 Å². The fraction of sp³-hybridized carbons (Fsp3) is 0.481. The van der Waals surface area contributed by atoms with Crippen molar-refractivity contribution in [3.63, 3.8) is 0 Å². The van der Waals surface area contributed by atoms with E-state index in [0.29, 0.717) is 6.61 Å². The van der Waals surface area contributed by atoms with E-state index in [4.69, 9.17) is 14.3 Å². The predicted octanol–water partition coefficient (Wildman–Crippen LogP) is 4.85. The zero-order valence-electron chi connectivity index (χ0n) is 19.9. The second kappa shape index (κ2) is 6.99. The van der Waals surface area contributed by atoms with Crippen LogP contribution in [0.4, 0.5) is 0 Å². The summed E-state index contributed by atoms with van der Waals surface area (Å²) in [6, 6.07) is 20.7. The second-order valence-electron chi connectivity index (χ2n) is 11.0. The lowest BCUT2D eigenvalue weighted by Gasteiger charge is -2.51. The van der Waals surface area contributed by atoms with Crippen molar-refractivity contribution < 1.29 is 14.3 Å². The maximum absolute atomic E-state index is 6.79. The van der Waals surface area contributed by atoms with E-state index >= 15 is 0 Å². The van der Waals surface area contributed by atoms with Crippen LogP contribution < -0.4 is 5.32 Å². The average molecular weight is 435 g/mol. The summed E-state index contributed by atoms with van der Waals surface area (Å²) < 4.78 is 13.2. The maximum atomic E-state index is 6.79. The SMILES string of the molecule is CC1(C)CO[C@@]2(N1)ON(C(C)(C)C)[C@@H](/C=C/c1ccccc1)[C@]1(c3ccccc3)O[C@]21C. The molecule has 3 saturated heterocycles. The van der Waals surface area contributed by atoms with Gasteiger partial charge in [0, 0.05) is 11.1 Å². The quantitative estimate of drug-likeness (QED) is 0.700. The van der Waals surface area contributed by atoms with Crippen molar-refractivity contribution in [3.8, 4) is 0 Å². The van der Waals surface area contributed by atoms with Crippen LogP contribution in [-0.2, 0) is 19.9 Å². The van der Waals surface area contributed by atoms with Gasteiger partial charge in [-0.1, -0.05) is 72.8 Å². The first-order chi connectivity index (χ1) is 15.0. The fourth-order valence-corrected chi connectivity index (χ4v) is 5.23. The number of hydrogen-bond donors (Lipinski definition) is 1. The first-order valence-electron chi connectivity index (χ1n) is 11.4. The molecular weight excluding hydrogens is 400 g/mol. The molecule has 1 N–H and O–H groups in total. The maximum Gasteiger partial charge on any atom is 0.278 e. The summed E-state index contributed by atoms with van der Waals surface area (Å²) in [5.41, 5.74) is 0.404. The van der Waals surface area contributed by atoms with Gasteiger partial charge in [-0.2, -0.15) is 5.06 Å². The van der Waals surface area contributed by atoms with Crippen LogP contribution in [0.15, 0.2) is 66.7 Å². The molecule has 3 aliphatic heterocycles. The predicted molar refractivity (Wildman–Crippen MR) is 125 cm³/mol. The molecule has 4 atom stereocenters. The molecule has 32 heavy (non-hydrogen) atoms. The molecule has 0 aromatic heterocycles. The third-order valence-corrected chi connectivity index (χ3v) is 6.83. The minimum absolute atomic E-state index is 0.158. The van der Waals surface area contributed by atoms with Crippen molar-refractivity contribution in [2.24, 2.45) is 0 Å². The molecule has 0 aliphatic carbocycles. The molecule has 2 aromatic carbocycles. The Kier molecular flexibility index (Phi) is 4.76. The van der Waals surface area contributed by atoms with E-state index in [9.17, 15) is 0 Å². The second-order valence-corrected chi connectivity index (χ2v) is 11.0. The van der Waals surface area contributed by atoms with Gasteiger partial charge in [0.1, 0.15) is 0 Å². The molecule has 3 heterocycles. The van der Waals surface area contributed by atoms with E-state index in [1.54, 1.807) is 0 Å². The topological polar surface area (TPSA) is 46.3 Å². The molecule has 0 bridgehead atoms. The fourth-order valence-electron chi connectivity index (χ4n) is 5.23. The third kappa shape index (κ3) is 3.11. The van der Waals surface area contributed by atoms with E-state index < -0.39 is 17.1 Å². The Bertz CT molecular complexity index is 1020. The molecule has 3 aliphatic rings. The Labute approximate surface area is 191 Å². The van der Waals surface area contributed by atoms with Gasteiger partial charge in [-0.3, -0.25) is 5.32 Å². The molecule has 170 valence electrons. The lowest BCUT2D eigenvalue weighted by molar-refractivity contribution is -0.404. The zero-order chi connectivity index (χ0) is 22.8. The number of hydroxylamine groups is 2. The summed E-state index contributed by atoms with van der Waals surface area (Å²) in [7, 11) is 0. The lowest BCUT2D eigenvalue weighted by Crippen LogP contribution is -2.72. The van der Waals surface area contributed by atoms with Crippen LogP contribution in [-0.4, -0.2) is 40.3 Å². The lowest BCUT2D eigenvalue weighted by atomic mass is 9.76. The number of ether oxygens (including phenoxy) is 2. The molecule has 5 rings (SSSR count). The Hall–Kier alpha value is -2.02. The van der Waals surface area contributed by atoms with E-state index in [0.717, 1.165) is 11.1 Å². The molecule has 1 spiro atoms. The van der Waals surface area contributed by atoms with Gasteiger partial charge in [0.05, 0.1) is 12.6 Å². The zero-order valence-corrected chi connectivity index (χ0v) is 19.9. The largest absolute Gasteiger partial charge is 0.348 e. The summed E-state index contributed by atoms with van der Waals surface area (Å²) in [6.45, 7) is 13.4. The Balaban J connectivity index is 1.67. The molecule has 0 unspecified atom stereocenters. The van der Waals surface area contributed by atoms with Crippen LogP contribution in [0.5, 0.6) is 0 Å². The van der Waals surface area contributed by atoms with Gasteiger partial charge in [-0.15, -0.1) is 0 Å². The van der Waals surface area contributed by atoms with Crippen molar-refractivity contribution in [2.45, 2.75) is 75.8 Å². The van der Waals surface area contributed by atoms with E-state index in [2.05, 4.69) is 113 Å². The minimum atomic E-state index is -1.07. The Morgan fingerprint density at radius 1 is 0.969 bits per heavy atom. The molecule has 0 saturated carbocycles. The highest BCUT2D eigenvalue weighted by Gasteiger charge is 2.87. The van der Waals surface area contributed by atoms with Gasteiger partial charge in [0.15, 0.2) is 11.2 Å². The van der Waals surface area contributed by atoms with Crippen molar-refractivity contribution in [2.75, 3.05) is 6.61 Å². The first kappa shape index (κ1) is 21.8. The molecule has 0 amide bonds. The highest BCUT2D eigenvalue weighted by molar-refractivity contribution is 5.52. The van der Waals surface area contributed by atoms with Crippen LogP contribution in [0.25, 0.3) is 6.08 Å². The van der Waals surface area contributed by atoms with Gasteiger partial charge < -0.3 is 9.47 Å². The normalized spacial score (nSPS) is 36.5. The molecule has 0 radical (unpaired) electrons. The van der Waals surface area contributed by atoms with Gasteiger partial charge in [0.2, 0.25) is 0 Å². The first-order valence-corrected chi connectivity index (χ1v) is 11.4. The van der Waals surface area contributed by atoms with E-state index in [-0.39, 0.29) is 17.1 Å². The van der Waals surface area contributed by atoms with Crippen LogP contribution >= 0.6 is 0 Å². The summed E-state index contributed by atoms with van der Waals surface area (Å²) in [6.07, 6.45) is 4.37. The van der Waals surface area contributed by atoms with Gasteiger partial charge in [-0.25, -0.2) is 4.84 Å². The average Bonchev–Trinajstić information content (AvgIpc) is 3.29. The van der Waals surface area contributed by atoms with Crippen molar-refractivity contribution >= 4 is 6.08 Å². The molecule has 5 heteroatoms. The molecule has 3 fully saturated rings. The highest BCUT2D eigenvalue weighted by Crippen LogP contribution is 2.68. The Morgan fingerprint density at radius 3 is 2.16 bits per heavy atom. The van der Waals surface area contributed by atoms with Crippen molar-refractivity contribution in [3.05, 3.63) is 77.9 Å². The van der Waals surface area contributed by atoms with Crippen LogP contribution in [0.3, 0.4) is 0 Å². The minimum Gasteiger partial charge on any atom is -0.348 e. The number of benzene rings is 2. The van der Waals surface area contributed by atoms with Gasteiger partial charge >= 0.3 is 0 Å². The van der Waals surface area contributed by atoms with Crippen LogP contribution in [0, 0.1) is 0 Å². The van der Waals surface area contributed by atoms with Crippen LogP contribution in [0.1, 0.15) is 52.7 Å². The summed E-state index contributed by atoms with van der Waals surface area (Å²) in [5.74, 6) is -1.07. The highest BCUT2D eigenvalue weighted by atomic mass is 16.9.